The smallest absolute Gasteiger partial charge is 0.315 e. The fourth-order valence-corrected chi connectivity index (χ4v) is 2.41. The number of carbonyl (C=O) groups excluding carboxylic acids is 1. The lowest BCUT2D eigenvalue weighted by atomic mass is 9.97. The fourth-order valence-electron chi connectivity index (χ4n) is 1.69. The Morgan fingerprint density at radius 1 is 1.47 bits per heavy atom. The van der Waals surface area contributed by atoms with Gasteiger partial charge in [-0.25, -0.2) is 4.79 Å². The third-order valence-corrected chi connectivity index (χ3v) is 3.50. The molecule has 0 aromatic rings. The summed E-state index contributed by atoms with van der Waals surface area (Å²) < 4.78 is 0. The Hall–Kier alpha value is -0.420. The van der Waals surface area contributed by atoms with Crippen molar-refractivity contribution in [3.05, 3.63) is 0 Å². The van der Waals surface area contributed by atoms with Crippen LogP contribution in [0.2, 0.25) is 0 Å². The lowest BCUT2D eigenvalue weighted by Gasteiger charge is -2.29. The van der Waals surface area contributed by atoms with Gasteiger partial charge in [0.2, 0.25) is 0 Å². The first-order valence-corrected chi connectivity index (χ1v) is 7.59. The summed E-state index contributed by atoms with van der Waals surface area (Å²) in [6.07, 6.45) is 4.64. The summed E-state index contributed by atoms with van der Waals surface area (Å²) in [5.41, 5.74) is -0.517. The van der Waals surface area contributed by atoms with Crippen LogP contribution in [0.25, 0.3) is 0 Å². The second-order valence-corrected chi connectivity index (χ2v) is 5.54. The maximum absolute atomic E-state index is 11.8. The van der Waals surface area contributed by atoms with Crippen LogP contribution < -0.4 is 10.6 Å². The molecular formula is C12H26N2O2S. The monoisotopic (exact) mass is 262 g/mol. The molecule has 0 aliphatic heterocycles. The van der Waals surface area contributed by atoms with E-state index >= 15 is 0 Å². The highest BCUT2D eigenvalue weighted by atomic mass is 32.2. The minimum Gasteiger partial charge on any atom is -0.394 e. The van der Waals surface area contributed by atoms with E-state index in [9.17, 15) is 9.90 Å². The van der Waals surface area contributed by atoms with Gasteiger partial charge in [0.25, 0.3) is 0 Å². The molecule has 17 heavy (non-hydrogen) atoms. The highest BCUT2D eigenvalue weighted by Crippen LogP contribution is 2.11. The van der Waals surface area contributed by atoms with Crippen LogP contribution in [0.5, 0.6) is 0 Å². The quantitative estimate of drug-likeness (QED) is 0.627. The Morgan fingerprint density at radius 2 is 2.12 bits per heavy atom. The molecule has 0 aromatic heterocycles. The number of amides is 2. The number of urea groups is 1. The van der Waals surface area contributed by atoms with Crippen LogP contribution in [0.4, 0.5) is 4.79 Å². The molecule has 0 aromatic carbocycles. The summed E-state index contributed by atoms with van der Waals surface area (Å²) >= 11 is 1.72. The van der Waals surface area contributed by atoms with E-state index in [0.717, 1.165) is 25.0 Å². The SMILES string of the molecule is CCCC(C)(CO)NC(=O)NC(CC)CSC. The zero-order valence-electron chi connectivity index (χ0n) is 11.4. The lowest BCUT2D eigenvalue weighted by Crippen LogP contribution is -2.54. The van der Waals surface area contributed by atoms with E-state index in [1.807, 2.05) is 20.1 Å². The molecule has 2 amide bonds. The average molecular weight is 262 g/mol. The van der Waals surface area contributed by atoms with Gasteiger partial charge in [-0.15, -0.1) is 0 Å². The summed E-state index contributed by atoms with van der Waals surface area (Å²) in [5.74, 6) is 0.910. The molecule has 0 aliphatic carbocycles. The average Bonchev–Trinajstić information content (AvgIpc) is 2.28. The van der Waals surface area contributed by atoms with Gasteiger partial charge in [-0.3, -0.25) is 0 Å². The molecule has 0 heterocycles. The molecule has 102 valence electrons. The number of rotatable bonds is 8. The van der Waals surface area contributed by atoms with E-state index in [1.54, 1.807) is 11.8 Å². The molecule has 0 radical (unpaired) electrons. The maximum Gasteiger partial charge on any atom is 0.315 e. The number of nitrogens with one attached hydrogen (secondary N) is 2. The van der Waals surface area contributed by atoms with Gasteiger partial charge >= 0.3 is 6.03 Å². The molecule has 3 N–H and O–H groups in total. The second kappa shape index (κ2) is 8.64. The highest BCUT2D eigenvalue weighted by molar-refractivity contribution is 7.98. The normalized spacial score (nSPS) is 16.1. The number of hydrogen-bond donors (Lipinski definition) is 3. The Labute approximate surface area is 109 Å². The Bertz CT molecular complexity index is 227. The van der Waals surface area contributed by atoms with Crippen LogP contribution in [0.3, 0.4) is 0 Å². The number of aliphatic hydroxyl groups excluding tert-OH is 1. The van der Waals surface area contributed by atoms with E-state index < -0.39 is 5.54 Å². The van der Waals surface area contributed by atoms with Crippen LogP contribution in [0, 0.1) is 0 Å². The second-order valence-electron chi connectivity index (χ2n) is 4.63. The van der Waals surface area contributed by atoms with Gasteiger partial charge < -0.3 is 15.7 Å². The van der Waals surface area contributed by atoms with Crippen molar-refractivity contribution in [3.8, 4) is 0 Å². The summed E-state index contributed by atoms with van der Waals surface area (Å²) in [6.45, 7) is 5.92. The predicted octanol–water partition coefficient (Wildman–Crippen LogP) is 1.98. The highest BCUT2D eigenvalue weighted by Gasteiger charge is 2.25. The van der Waals surface area contributed by atoms with Gasteiger partial charge in [0, 0.05) is 11.8 Å². The topological polar surface area (TPSA) is 61.4 Å². The number of thioether (sulfide) groups is 1. The van der Waals surface area contributed by atoms with Crippen molar-refractivity contribution in [1.82, 2.24) is 10.6 Å². The molecule has 2 unspecified atom stereocenters. The predicted molar refractivity (Wildman–Crippen MR) is 74.5 cm³/mol. The summed E-state index contributed by atoms with van der Waals surface area (Å²) in [4.78, 5) is 11.8. The van der Waals surface area contributed by atoms with Crippen molar-refractivity contribution >= 4 is 17.8 Å². The molecule has 0 saturated carbocycles. The van der Waals surface area contributed by atoms with E-state index in [1.165, 1.54) is 0 Å². The Balaban J connectivity index is 4.22. The van der Waals surface area contributed by atoms with Crippen molar-refractivity contribution in [3.63, 3.8) is 0 Å². The zero-order chi connectivity index (χ0) is 13.3. The molecule has 5 heteroatoms. The third kappa shape index (κ3) is 6.78. The van der Waals surface area contributed by atoms with Crippen LogP contribution in [0.15, 0.2) is 0 Å². The molecule has 0 spiro atoms. The van der Waals surface area contributed by atoms with Gasteiger partial charge in [0.05, 0.1) is 12.1 Å². The summed E-state index contributed by atoms with van der Waals surface area (Å²) in [6, 6.07) is 0.00506. The van der Waals surface area contributed by atoms with Crippen LogP contribution in [-0.4, -0.2) is 41.3 Å². The first kappa shape index (κ1) is 16.6. The van der Waals surface area contributed by atoms with Gasteiger partial charge in [0.1, 0.15) is 0 Å². The molecular weight excluding hydrogens is 236 g/mol. The number of aliphatic hydroxyl groups is 1. The van der Waals surface area contributed by atoms with Crippen molar-refractivity contribution in [1.29, 1.82) is 0 Å². The molecule has 0 rings (SSSR count). The minimum atomic E-state index is -0.517. The first-order chi connectivity index (χ1) is 8.01. The van der Waals surface area contributed by atoms with E-state index in [0.29, 0.717) is 0 Å². The molecule has 2 atom stereocenters. The third-order valence-electron chi connectivity index (χ3n) is 2.76. The maximum atomic E-state index is 11.8. The molecule has 0 aliphatic rings. The molecule has 0 bridgehead atoms. The zero-order valence-corrected chi connectivity index (χ0v) is 12.2. The minimum absolute atomic E-state index is 0.0341. The molecule has 0 saturated heterocycles. The molecule has 0 fully saturated rings. The van der Waals surface area contributed by atoms with Gasteiger partial charge in [0.15, 0.2) is 0 Å². The summed E-state index contributed by atoms with van der Waals surface area (Å²) in [7, 11) is 0. The van der Waals surface area contributed by atoms with Crippen molar-refractivity contribution in [2.45, 2.75) is 51.6 Å². The van der Waals surface area contributed by atoms with E-state index in [4.69, 9.17) is 0 Å². The van der Waals surface area contributed by atoms with Gasteiger partial charge in [-0.2, -0.15) is 11.8 Å². The Kier molecular flexibility index (Phi) is 8.43. The van der Waals surface area contributed by atoms with Crippen molar-refractivity contribution in [2.75, 3.05) is 18.6 Å². The number of hydrogen-bond acceptors (Lipinski definition) is 3. The van der Waals surface area contributed by atoms with Crippen LogP contribution in [-0.2, 0) is 0 Å². The van der Waals surface area contributed by atoms with Crippen molar-refractivity contribution < 1.29 is 9.90 Å². The van der Waals surface area contributed by atoms with Crippen molar-refractivity contribution in [2.24, 2.45) is 0 Å². The van der Waals surface area contributed by atoms with Crippen LogP contribution in [0.1, 0.15) is 40.0 Å². The lowest BCUT2D eigenvalue weighted by molar-refractivity contribution is 0.162. The Morgan fingerprint density at radius 3 is 2.53 bits per heavy atom. The number of carbonyl (C=O) groups is 1. The van der Waals surface area contributed by atoms with Gasteiger partial charge in [-0.05, 0) is 26.0 Å². The van der Waals surface area contributed by atoms with E-state index in [-0.39, 0.29) is 18.7 Å². The van der Waals surface area contributed by atoms with Gasteiger partial charge in [-0.1, -0.05) is 20.3 Å². The van der Waals surface area contributed by atoms with E-state index in [2.05, 4.69) is 17.6 Å². The summed E-state index contributed by atoms with van der Waals surface area (Å²) in [5, 5.41) is 15.1. The van der Waals surface area contributed by atoms with Crippen LogP contribution >= 0.6 is 11.8 Å². The first-order valence-electron chi connectivity index (χ1n) is 6.19. The standard InChI is InChI=1S/C12H26N2O2S/c1-5-7-12(3,9-15)14-11(16)13-10(6-2)8-17-4/h10,15H,5-9H2,1-4H3,(H2,13,14,16). The molecule has 4 nitrogen and oxygen atoms in total. The fraction of sp³-hybridized carbons (Fsp3) is 0.917. The largest absolute Gasteiger partial charge is 0.394 e.